The molecular formula is C22H19F3N6S. The Labute approximate surface area is 186 Å². The van der Waals surface area contributed by atoms with Gasteiger partial charge in [0.1, 0.15) is 23.8 Å². The van der Waals surface area contributed by atoms with Gasteiger partial charge in [-0.3, -0.25) is 4.98 Å². The summed E-state index contributed by atoms with van der Waals surface area (Å²) in [6.07, 6.45) is 2.90. The number of thioether (sulfide) groups is 1. The summed E-state index contributed by atoms with van der Waals surface area (Å²) in [6.45, 7) is 2.55. The number of anilines is 2. The molecule has 2 unspecified atom stereocenters. The summed E-state index contributed by atoms with van der Waals surface area (Å²) in [4.78, 5) is 12.7. The topological polar surface area (TPSA) is 100.0 Å². The van der Waals surface area contributed by atoms with E-state index in [-0.39, 0.29) is 27.5 Å². The molecule has 10 heteroatoms. The number of pyridine rings is 2. The zero-order valence-electron chi connectivity index (χ0n) is 17.2. The number of nitrogens with one attached hydrogen (secondary N) is 1. The fourth-order valence-electron chi connectivity index (χ4n) is 3.86. The molecule has 0 saturated heterocycles. The van der Waals surface area contributed by atoms with E-state index in [4.69, 9.17) is 11.0 Å². The minimum atomic E-state index is -1.65. The van der Waals surface area contributed by atoms with Crippen molar-refractivity contribution in [3.63, 3.8) is 0 Å². The lowest BCUT2D eigenvalue weighted by Gasteiger charge is -2.40. The summed E-state index contributed by atoms with van der Waals surface area (Å²) in [6, 6.07) is 7.64. The van der Waals surface area contributed by atoms with Crippen LogP contribution in [0.1, 0.15) is 25.0 Å². The van der Waals surface area contributed by atoms with E-state index in [1.165, 1.54) is 30.2 Å². The van der Waals surface area contributed by atoms with Crippen molar-refractivity contribution < 1.29 is 13.2 Å². The van der Waals surface area contributed by atoms with Crippen molar-refractivity contribution >= 4 is 39.3 Å². The molecule has 2 aromatic heterocycles. The minimum absolute atomic E-state index is 0.125. The van der Waals surface area contributed by atoms with E-state index >= 15 is 0 Å². The van der Waals surface area contributed by atoms with E-state index in [1.807, 2.05) is 13.0 Å². The predicted molar refractivity (Wildman–Crippen MR) is 119 cm³/mol. The number of benzene rings is 1. The molecule has 0 spiro atoms. The molecule has 1 aliphatic heterocycles. The lowest BCUT2D eigenvalue weighted by molar-refractivity contribution is 0.215. The molecule has 3 heterocycles. The number of nitrogens with two attached hydrogens (primary N) is 1. The molecule has 1 aromatic carbocycles. The van der Waals surface area contributed by atoms with E-state index in [1.54, 1.807) is 19.1 Å². The fourth-order valence-corrected chi connectivity index (χ4v) is 4.89. The quantitative estimate of drug-likeness (QED) is 0.586. The highest BCUT2D eigenvalue weighted by Gasteiger charge is 2.46. The molecule has 0 amide bonds. The number of nitriles is 1. The van der Waals surface area contributed by atoms with Gasteiger partial charge in [0.05, 0.1) is 5.56 Å². The molecule has 0 bridgehead atoms. The number of alkyl halides is 1. The molecule has 3 N–H and O–H groups in total. The van der Waals surface area contributed by atoms with Gasteiger partial charge < -0.3 is 11.1 Å². The summed E-state index contributed by atoms with van der Waals surface area (Å²) >= 11 is 1.27. The molecular weight excluding hydrogens is 437 g/mol. The standard InChI is InChI=1S/C22H19F3N6S/c1-11-12(2)32-21(27)31-22(11,10-23)16-6-15(7-17(24)18(16)25)30-20-19-14(3-4-28-20)5-13(8-26)9-29-19/h3-7,9,11-12H,10H2,1-2H3,(H2,27,31)(H,28,30)/t11?,12?,22-/m0/s1. The third-order valence-electron chi connectivity index (χ3n) is 5.76. The van der Waals surface area contributed by atoms with E-state index < -0.39 is 29.8 Å². The van der Waals surface area contributed by atoms with Crippen LogP contribution < -0.4 is 11.1 Å². The Morgan fingerprint density at radius 3 is 2.75 bits per heavy atom. The molecule has 1 aliphatic rings. The van der Waals surface area contributed by atoms with Crippen molar-refractivity contribution in [1.82, 2.24) is 9.97 Å². The van der Waals surface area contributed by atoms with Crippen LogP contribution in [0.3, 0.4) is 0 Å². The number of rotatable bonds is 4. The van der Waals surface area contributed by atoms with Gasteiger partial charge in [-0.15, -0.1) is 0 Å². The lowest BCUT2D eigenvalue weighted by atomic mass is 9.78. The number of hydrogen-bond acceptors (Lipinski definition) is 7. The third-order valence-corrected chi connectivity index (χ3v) is 6.88. The highest BCUT2D eigenvalue weighted by atomic mass is 32.2. The molecule has 164 valence electrons. The highest BCUT2D eigenvalue weighted by Crippen LogP contribution is 2.46. The van der Waals surface area contributed by atoms with Crippen LogP contribution in [0.25, 0.3) is 10.9 Å². The second-order valence-electron chi connectivity index (χ2n) is 7.63. The van der Waals surface area contributed by atoms with Crippen molar-refractivity contribution in [2.75, 3.05) is 12.0 Å². The number of fused-ring (bicyclic) bond motifs is 1. The number of aromatic nitrogens is 2. The first-order chi connectivity index (χ1) is 15.3. The van der Waals surface area contributed by atoms with Gasteiger partial charge in [0, 0.05) is 46.3 Å². The molecule has 0 aliphatic carbocycles. The first kappa shape index (κ1) is 21.9. The number of amidine groups is 1. The van der Waals surface area contributed by atoms with Crippen molar-refractivity contribution in [2.24, 2.45) is 16.6 Å². The van der Waals surface area contributed by atoms with Gasteiger partial charge in [-0.2, -0.15) is 5.26 Å². The lowest BCUT2D eigenvalue weighted by Crippen LogP contribution is -2.45. The van der Waals surface area contributed by atoms with E-state index in [0.717, 1.165) is 6.07 Å². The van der Waals surface area contributed by atoms with E-state index in [0.29, 0.717) is 16.5 Å². The van der Waals surface area contributed by atoms with Crippen LogP contribution in [0.2, 0.25) is 0 Å². The van der Waals surface area contributed by atoms with Crippen LogP contribution >= 0.6 is 11.8 Å². The monoisotopic (exact) mass is 456 g/mol. The summed E-state index contributed by atoms with van der Waals surface area (Å²) in [5.41, 5.74) is 4.99. The fraction of sp³-hybridized carbons (Fsp3) is 0.273. The van der Waals surface area contributed by atoms with Gasteiger partial charge in [-0.05, 0) is 18.2 Å². The first-order valence-corrected chi connectivity index (χ1v) is 10.7. The van der Waals surface area contributed by atoms with Crippen LogP contribution in [-0.4, -0.2) is 27.1 Å². The number of hydrogen-bond donors (Lipinski definition) is 2. The van der Waals surface area contributed by atoms with Gasteiger partial charge in [-0.25, -0.2) is 23.1 Å². The Morgan fingerprint density at radius 1 is 1.25 bits per heavy atom. The summed E-state index contributed by atoms with van der Waals surface area (Å²) in [7, 11) is 0. The SMILES string of the molecule is CC1SC(N)=N[C@](CF)(c2cc(Nc3nccc4cc(C#N)cnc34)cc(F)c2F)C1C. The second kappa shape index (κ2) is 8.31. The maximum Gasteiger partial charge on any atom is 0.164 e. The van der Waals surface area contributed by atoms with Gasteiger partial charge in [0.15, 0.2) is 22.6 Å². The smallest absolute Gasteiger partial charge is 0.164 e. The van der Waals surface area contributed by atoms with Crippen LogP contribution in [0.15, 0.2) is 41.7 Å². The molecule has 32 heavy (non-hydrogen) atoms. The van der Waals surface area contributed by atoms with E-state index in [9.17, 15) is 13.2 Å². The van der Waals surface area contributed by atoms with Crippen LogP contribution in [0.5, 0.6) is 0 Å². The largest absolute Gasteiger partial charge is 0.379 e. The van der Waals surface area contributed by atoms with Crippen molar-refractivity contribution in [3.05, 3.63) is 59.4 Å². The maximum absolute atomic E-state index is 15.0. The zero-order valence-corrected chi connectivity index (χ0v) is 18.1. The average molecular weight is 456 g/mol. The van der Waals surface area contributed by atoms with Crippen molar-refractivity contribution in [2.45, 2.75) is 24.6 Å². The molecule has 0 saturated carbocycles. The van der Waals surface area contributed by atoms with Gasteiger partial charge in [-0.1, -0.05) is 25.6 Å². The number of halogens is 3. The van der Waals surface area contributed by atoms with Crippen LogP contribution in [0, 0.1) is 28.9 Å². The van der Waals surface area contributed by atoms with Gasteiger partial charge in [0.25, 0.3) is 0 Å². The molecule has 0 radical (unpaired) electrons. The minimum Gasteiger partial charge on any atom is -0.379 e. The predicted octanol–water partition coefficient (Wildman–Crippen LogP) is 4.77. The van der Waals surface area contributed by atoms with Crippen LogP contribution in [0.4, 0.5) is 24.7 Å². The van der Waals surface area contributed by atoms with Gasteiger partial charge in [0.2, 0.25) is 0 Å². The van der Waals surface area contributed by atoms with Crippen LogP contribution in [-0.2, 0) is 5.54 Å². The molecule has 0 fully saturated rings. The van der Waals surface area contributed by atoms with Gasteiger partial charge >= 0.3 is 0 Å². The molecule has 3 aromatic rings. The summed E-state index contributed by atoms with van der Waals surface area (Å²) in [5.74, 6) is -2.49. The molecule has 3 atom stereocenters. The zero-order chi connectivity index (χ0) is 23.0. The highest BCUT2D eigenvalue weighted by molar-refractivity contribution is 8.14. The summed E-state index contributed by atoms with van der Waals surface area (Å²) < 4.78 is 44.0. The Kier molecular flexibility index (Phi) is 5.69. The summed E-state index contributed by atoms with van der Waals surface area (Å²) in [5, 5.41) is 12.6. The Hall–Kier alpha value is -3.32. The maximum atomic E-state index is 15.0. The average Bonchev–Trinajstić information content (AvgIpc) is 2.78. The van der Waals surface area contributed by atoms with E-state index in [2.05, 4.69) is 20.3 Å². The second-order valence-corrected chi connectivity index (χ2v) is 9.03. The Morgan fingerprint density at radius 2 is 2.03 bits per heavy atom. The number of aliphatic imine (C=N–C) groups is 1. The normalized spacial score (nSPS) is 22.9. The third kappa shape index (κ3) is 3.62. The number of nitrogens with zero attached hydrogens (tertiary/aromatic N) is 4. The molecule has 6 nitrogen and oxygen atoms in total. The van der Waals surface area contributed by atoms with Crippen molar-refractivity contribution in [3.8, 4) is 6.07 Å². The first-order valence-electron chi connectivity index (χ1n) is 9.78. The molecule has 4 rings (SSSR count). The Bertz CT molecular complexity index is 1270. The van der Waals surface area contributed by atoms with Crippen molar-refractivity contribution in [1.29, 1.82) is 5.26 Å². The Balaban J connectivity index is 1.83.